The SMILES string of the molecule is NC(=O)CNC(=O)Nc1cccc(CCCCOCCCCCCNC[C@H](O)c2ccc(O)c(COC=O)c2)c1. The summed E-state index contributed by atoms with van der Waals surface area (Å²) in [6.07, 6.45) is 6.26. The van der Waals surface area contributed by atoms with Crippen LogP contribution in [0.1, 0.15) is 61.3 Å². The number of rotatable bonds is 21. The van der Waals surface area contributed by atoms with Crippen molar-refractivity contribution in [1.82, 2.24) is 10.6 Å². The highest BCUT2D eigenvalue weighted by atomic mass is 16.5. The van der Waals surface area contributed by atoms with Crippen LogP contribution >= 0.6 is 0 Å². The first-order chi connectivity index (χ1) is 19.4. The Hall–Kier alpha value is -3.67. The monoisotopic (exact) mass is 558 g/mol. The number of aliphatic hydroxyl groups is 1. The van der Waals surface area contributed by atoms with Gasteiger partial charge in [-0.1, -0.05) is 31.0 Å². The summed E-state index contributed by atoms with van der Waals surface area (Å²) >= 11 is 0. The molecule has 0 unspecified atom stereocenters. The lowest BCUT2D eigenvalue weighted by Gasteiger charge is -2.14. The summed E-state index contributed by atoms with van der Waals surface area (Å²) in [5, 5.41) is 28.5. The maximum Gasteiger partial charge on any atom is 0.319 e. The number of nitrogens with two attached hydrogens (primary N) is 1. The third-order valence-corrected chi connectivity index (χ3v) is 6.14. The number of hydrogen-bond donors (Lipinski definition) is 6. The highest BCUT2D eigenvalue weighted by Gasteiger charge is 2.11. The molecule has 0 aliphatic heterocycles. The summed E-state index contributed by atoms with van der Waals surface area (Å²) in [5.74, 6) is -0.571. The van der Waals surface area contributed by atoms with Crippen LogP contribution in [0.5, 0.6) is 5.75 Å². The number of hydrogen-bond acceptors (Lipinski definition) is 8. The topological polar surface area (TPSA) is 172 Å². The van der Waals surface area contributed by atoms with E-state index in [9.17, 15) is 24.6 Å². The molecule has 0 saturated heterocycles. The van der Waals surface area contributed by atoms with E-state index < -0.39 is 18.0 Å². The number of carbonyl (C=O) groups excluding carboxylic acids is 3. The van der Waals surface area contributed by atoms with E-state index in [4.69, 9.17) is 10.5 Å². The molecular formula is C29H42N4O7. The van der Waals surface area contributed by atoms with E-state index >= 15 is 0 Å². The molecule has 0 radical (unpaired) electrons. The smallest absolute Gasteiger partial charge is 0.319 e. The van der Waals surface area contributed by atoms with Gasteiger partial charge in [0.1, 0.15) is 12.4 Å². The van der Waals surface area contributed by atoms with Crippen molar-refractivity contribution in [2.75, 3.05) is 38.2 Å². The van der Waals surface area contributed by atoms with Crippen molar-refractivity contribution in [3.8, 4) is 5.75 Å². The van der Waals surface area contributed by atoms with Crippen LogP contribution in [0.3, 0.4) is 0 Å². The zero-order valence-electron chi connectivity index (χ0n) is 22.9. The number of anilines is 1. The first-order valence-electron chi connectivity index (χ1n) is 13.6. The maximum atomic E-state index is 11.7. The van der Waals surface area contributed by atoms with Crippen LogP contribution < -0.4 is 21.7 Å². The first kappa shape index (κ1) is 32.5. The Morgan fingerprint density at radius 2 is 1.77 bits per heavy atom. The number of aryl methyl sites for hydroxylation is 1. The molecule has 0 fully saturated rings. The Labute approximate surface area is 235 Å². The minimum Gasteiger partial charge on any atom is -0.508 e. The molecule has 40 heavy (non-hydrogen) atoms. The number of amides is 3. The Kier molecular flexibility index (Phi) is 15.8. The first-order valence-corrected chi connectivity index (χ1v) is 13.6. The standard InChI is InChI=1S/C29H42N4O7/c30-28(37)19-32-29(38)33-25-10-7-9-22(16-25)8-3-6-15-39-14-5-2-1-4-13-31-18-27(36)23-11-12-26(35)24(17-23)20-40-21-34/h7,9-12,16-17,21,27,31,35-36H,1-6,8,13-15,18-20H2,(H2,30,37)(H2,32,33,38)/t27-/m0/s1. The van der Waals surface area contributed by atoms with Gasteiger partial charge in [-0.15, -0.1) is 0 Å². The lowest BCUT2D eigenvalue weighted by atomic mass is 10.1. The predicted octanol–water partition coefficient (Wildman–Crippen LogP) is 2.89. The van der Waals surface area contributed by atoms with Crippen molar-refractivity contribution in [2.45, 2.75) is 57.7 Å². The molecule has 1 atom stereocenters. The predicted molar refractivity (Wildman–Crippen MR) is 152 cm³/mol. The van der Waals surface area contributed by atoms with Gasteiger partial charge in [-0.3, -0.25) is 9.59 Å². The number of benzene rings is 2. The van der Waals surface area contributed by atoms with E-state index in [1.54, 1.807) is 18.2 Å². The highest BCUT2D eigenvalue weighted by Crippen LogP contribution is 2.23. The molecule has 0 aliphatic rings. The number of nitrogens with one attached hydrogen (secondary N) is 3. The van der Waals surface area contributed by atoms with Gasteiger partial charge in [-0.2, -0.15) is 0 Å². The largest absolute Gasteiger partial charge is 0.508 e. The molecule has 0 aromatic heterocycles. The van der Waals surface area contributed by atoms with Gasteiger partial charge in [-0.05, 0) is 74.0 Å². The molecule has 0 heterocycles. The summed E-state index contributed by atoms with van der Waals surface area (Å²) < 4.78 is 10.4. The number of phenolic OH excluding ortho intramolecular Hbond substituents is 1. The molecule has 3 amide bonds. The number of phenols is 1. The Balaban J connectivity index is 1.45. The van der Waals surface area contributed by atoms with Gasteiger partial charge in [0, 0.05) is 31.0 Å². The number of unbranched alkanes of at least 4 members (excludes halogenated alkanes) is 4. The normalized spacial score (nSPS) is 11.5. The molecule has 220 valence electrons. The van der Waals surface area contributed by atoms with Crippen LogP contribution in [0, 0.1) is 0 Å². The molecule has 7 N–H and O–H groups in total. The second-order valence-corrected chi connectivity index (χ2v) is 9.47. The van der Waals surface area contributed by atoms with Crippen molar-refractivity contribution in [2.24, 2.45) is 5.73 Å². The number of carbonyl (C=O) groups is 3. The summed E-state index contributed by atoms with van der Waals surface area (Å²) in [6, 6.07) is 11.9. The number of urea groups is 1. The fraction of sp³-hybridized carbons (Fsp3) is 0.483. The molecular weight excluding hydrogens is 516 g/mol. The van der Waals surface area contributed by atoms with Gasteiger partial charge < -0.3 is 41.4 Å². The quantitative estimate of drug-likeness (QED) is 0.100. The van der Waals surface area contributed by atoms with E-state index in [1.165, 1.54) is 6.07 Å². The highest BCUT2D eigenvalue weighted by molar-refractivity contribution is 5.91. The lowest BCUT2D eigenvalue weighted by Crippen LogP contribution is -2.36. The van der Waals surface area contributed by atoms with Gasteiger partial charge in [0.05, 0.1) is 12.6 Å². The molecule has 2 aromatic carbocycles. The van der Waals surface area contributed by atoms with Crippen LogP contribution in [-0.2, 0) is 32.1 Å². The van der Waals surface area contributed by atoms with Gasteiger partial charge in [0.15, 0.2) is 0 Å². The number of ether oxygens (including phenoxy) is 2. The van der Waals surface area contributed by atoms with E-state index in [2.05, 4.69) is 20.7 Å². The number of aromatic hydroxyl groups is 1. The average molecular weight is 559 g/mol. The molecule has 0 aliphatic carbocycles. The Morgan fingerprint density at radius 3 is 2.55 bits per heavy atom. The number of aliphatic hydroxyl groups excluding tert-OH is 1. The summed E-state index contributed by atoms with van der Waals surface area (Å²) in [4.78, 5) is 32.8. The molecule has 0 saturated carbocycles. The zero-order chi connectivity index (χ0) is 29.0. The third kappa shape index (κ3) is 13.9. The van der Waals surface area contributed by atoms with E-state index in [1.807, 2.05) is 18.2 Å². The van der Waals surface area contributed by atoms with E-state index in [0.717, 1.165) is 63.7 Å². The van der Waals surface area contributed by atoms with Crippen molar-refractivity contribution >= 4 is 24.1 Å². The van der Waals surface area contributed by atoms with Gasteiger partial charge in [0.25, 0.3) is 6.47 Å². The van der Waals surface area contributed by atoms with E-state index in [0.29, 0.717) is 36.4 Å². The van der Waals surface area contributed by atoms with Crippen LogP contribution in [0.25, 0.3) is 0 Å². The minimum absolute atomic E-state index is 0.0262. The molecule has 11 nitrogen and oxygen atoms in total. The van der Waals surface area contributed by atoms with Gasteiger partial charge in [-0.25, -0.2) is 4.79 Å². The van der Waals surface area contributed by atoms with Crippen LogP contribution in [-0.4, -0.2) is 61.5 Å². The Bertz CT molecular complexity index is 1050. The summed E-state index contributed by atoms with van der Waals surface area (Å²) in [7, 11) is 0. The second kappa shape index (κ2) is 19.4. The average Bonchev–Trinajstić information content (AvgIpc) is 2.94. The lowest BCUT2D eigenvalue weighted by molar-refractivity contribution is -0.129. The zero-order valence-corrected chi connectivity index (χ0v) is 22.9. The summed E-state index contributed by atoms with van der Waals surface area (Å²) in [6.45, 7) is 2.73. The molecule has 0 bridgehead atoms. The fourth-order valence-electron chi connectivity index (χ4n) is 4.00. The minimum atomic E-state index is -0.717. The van der Waals surface area contributed by atoms with Crippen LogP contribution in [0.2, 0.25) is 0 Å². The summed E-state index contributed by atoms with van der Waals surface area (Å²) in [5.41, 5.74) is 7.91. The van der Waals surface area contributed by atoms with Gasteiger partial charge in [0.2, 0.25) is 5.91 Å². The van der Waals surface area contributed by atoms with Crippen molar-refractivity contribution in [3.05, 3.63) is 59.2 Å². The molecule has 2 aromatic rings. The third-order valence-electron chi connectivity index (χ3n) is 6.14. The van der Waals surface area contributed by atoms with Crippen molar-refractivity contribution in [1.29, 1.82) is 0 Å². The van der Waals surface area contributed by atoms with Crippen LogP contribution in [0.4, 0.5) is 10.5 Å². The van der Waals surface area contributed by atoms with Crippen LogP contribution in [0.15, 0.2) is 42.5 Å². The van der Waals surface area contributed by atoms with Crippen molar-refractivity contribution in [3.63, 3.8) is 0 Å². The molecule has 2 rings (SSSR count). The molecule has 11 heteroatoms. The van der Waals surface area contributed by atoms with Gasteiger partial charge >= 0.3 is 6.03 Å². The van der Waals surface area contributed by atoms with Crippen molar-refractivity contribution < 1.29 is 34.1 Å². The maximum absolute atomic E-state index is 11.7. The Morgan fingerprint density at radius 1 is 1.00 bits per heavy atom. The number of primary amides is 1. The fourth-order valence-corrected chi connectivity index (χ4v) is 4.00. The van der Waals surface area contributed by atoms with E-state index in [-0.39, 0.29) is 18.9 Å². The molecule has 0 spiro atoms. The second-order valence-electron chi connectivity index (χ2n) is 9.47.